The summed E-state index contributed by atoms with van der Waals surface area (Å²) in [7, 11) is 0. The summed E-state index contributed by atoms with van der Waals surface area (Å²) >= 11 is 0. The molecule has 2 heterocycles. The standard InChI is InChI=1S/C15H27N5O/c1-4-5-6-7-15(2,3)11-17-14(21)13-10-20(19-18-13)12-8-16-9-12/h10,12,16H,4-9,11H2,1-3H3,(H,17,21). The van der Waals surface area contributed by atoms with Gasteiger partial charge in [-0.05, 0) is 11.8 Å². The summed E-state index contributed by atoms with van der Waals surface area (Å²) in [5.74, 6) is -0.128. The minimum absolute atomic E-state index is 0.124. The number of nitrogens with zero attached hydrogens (tertiary/aromatic N) is 3. The zero-order chi connectivity index (χ0) is 15.3. The quantitative estimate of drug-likeness (QED) is 0.716. The highest BCUT2D eigenvalue weighted by Crippen LogP contribution is 2.22. The third-order valence-electron chi connectivity index (χ3n) is 4.06. The summed E-state index contributed by atoms with van der Waals surface area (Å²) in [6.07, 6.45) is 6.55. The molecule has 0 aliphatic carbocycles. The topological polar surface area (TPSA) is 71.8 Å². The lowest BCUT2D eigenvalue weighted by Crippen LogP contribution is -2.43. The van der Waals surface area contributed by atoms with Crippen molar-refractivity contribution < 1.29 is 4.79 Å². The second kappa shape index (κ2) is 7.02. The largest absolute Gasteiger partial charge is 0.350 e. The van der Waals surface area contributed by atoms with Gasteiger partial charge in [0.05, 0.1) is 12.2 Å². The van der Waals surface area contributed by atoms with Crippen LogP contribution in [0.3, 0.4) is 0 Å². The van der Waals surface area contributed by atoms with Gasteiger partial charge < -0.3 is 10.6 Å². The summed E-state index contributed by atoms with van der Waals surface area (Å²) in [6, 6.07) is 0.338. The van der Waals surface area contributed by atoms with Gasteiger partial charge in [0.25, 0.3) is 5.91 Å². The fourth-order valence-electron chi connectivity index (χ4n) is 2.37. The maximum absolute atomic E-state index is 12.1. The average molecular weight is 293 g/mol. The Morgan fingerprint density at radius 1 is 1.48 bits per heavy atom. The van der Waals surface area contributed by atoms with E-state index in [1.165, 1.54) is 19.3 Å². The van der Waals surface area contributed by atoms with Gasteiger partial charge in [-0.3, -0.25) is 4.79 Å². The van der Waals surface area contributed by atoms with Crippen LogP contribution in [0.5, 0.6) is 0 Å². The second-order valence-electron chi connectivity index (χ2n) is 6.70. The highest BCUT2D eigenvalue weighted by Gasteiger charge is 2.23. The first-order valence-electron chi connectivity index (χ1n) is 7.92. The molecule has 2 rings (SSSR count). The predicted octanol–water partition coefficient (Wildman–Crippen LogP) is 1.76. The van der Waals surface area contributed by atoms with Crippen molar-refractivity contribution in [2.75, 3.05) is 19.6 Å². The van der Waals surface area contributed by atoms with E-state index in [9.17, 15) is 4.79 Å². The molecule has 1 aliphatic rings. The molecule has 6 nitrogen and oxygen atoms in total. The Morgan fingerprint density at radius 2 is 2.24 bits per heavy atom. The van der Waals surface area contributed by atoms with Gasteiger partial charge in [0.1, 0.15) is 0 Å². The molecule has 1 fully saturated rings. The monoisotopic (exact) mass is 293 g/mol. The Labute approximate surface area is 126 Å². The van der Waals surface area contributed by atoms with Crippen LogP contribution in [0.25, 0.3) is 0 Å². The van der Waals surface area contributed by atoms with Gasteiger partial charge in [-0.25, -0.2) is 4.68 Å². The van der Waals surface area contributed by atoms with Crippen LogP contribution >= 0.6 is 0 Å². The van der Waals surface area contributed by atoms with Gasteiger partial charge in [0.15, 0.2) is 5.69 Å². The molecular formula is C15H27N5O. The Bertz CT molecular complexity index is 464. The number of rotatable bonds is 8. The molecule has 2 N–H and O–H groups in total. The Kier molecular flexibility index (Phi) is 5.33. The van der Waals surface area contributed by atoms with Crippen LogP contribution in [0.2, 0.25) is 0 Å². The van der Waals surface area contributed by atoms with Gasteiger partial charge in [-0.15, -0.1) is 5.10 Å². The molecule has 0 radical (unpaired) electrons. The molecule has 0 aromatic carbocycles. The van der Waals surface area contributed by atoms with E-state index in [-0.39, 0.29) is 11.3 Å². The van der Waals surface area contributed by atoms with Crippen LogP contribution < -0.4 is 10.6 Å². The Balaban J connectivity index is 1.79. The second-order valence-corrected chi connectivity index (χ2v) is 6.70. The van der Waals surface area contributed by atoms with Crippen LogP contribution in [0.1, 0.15) is 63.0 Å². The van der Waals surface area contributed by atoms with Crippen molar-refractivity contribution in [3.8, 4) is 0 Å². The zero-order valence-corrected chi connectivity index (χ0v) is 13.4. The number of carbonyl (C=O) groups is 1. The Hall–Kier alpha value is -1.43. The van der Waals surface area contributed by atoms with E-state index < -0.39 is 0 Å². The number of unbranched alkanes of at least 4 members (excludes halogenated alkanes) is 2. The van der Waals surface area contributed by atoms with E-state index in [0.29, 0.717) is 18.3 Å². The number of nitrogens with one attached hydrogen (secondary N) is 2. The van der Waals surface area contributed by atoms with Crippen molar-refractivity contribution in [2.45, 2.75) is 52.5 Å². The van der Waals surface area contributed by atoms with Gasteiger partial charge in [0.2, 0.25) is 0 Å². The minimum atomic E-state index is -0.128. The summed E-state index contributed by atoms with van der Waals surface area (Å²) in [5, 5.41) is 14.2. The normalized spacial score (nSPS) is 15.8. The van der Waals surface area contributed by atoms with Crippen LogP contribution in [-0.4, -0.2) is 40.5 Å². The summed E-state index contributed by atoms with van der Waals surface area (Å²) < 4.78 is 1.78. The maximum Gasteiger partial charge on any atom is 0.273 e. The molecule has 1 aromatic rings. The molecule has 21 heavy (non-hydrogen) atoms. The van der Waals surface area contributed by atoms with E-state index in [2.05, 4.69) is 41.7 Å². The summed E-state index contributed by atoms with van der Waals surface area (Å²) in [4.78, 5) is 12.1. The molecule has 1 aromatic heterocycles. The van der Waals surface area contributed by atoms with Gasteiger partial charge in [-0.2, -0.15) is 0 Å². The molecule has 1 amide bonds. The zero-order valence-electron chi connectivity index (χ0n) is 13.4. The predicted molar refractivity (Wildman–Crippen MR) is 82.2 cm³/mol. The number of hydrogen-bond acceptors (Lipinski definition) is 4. The van der Waals surface area contributed by atoms with E-state index in [4.69, 9.17) is 0 Å². The smallest absolute Gasteiger partial charge is 0.273 e. The molecule has 0 unspecified atom stereocenters. The molecule has 6 heteroatoms. The first kappa shape index (κ1) is 15.9. The van der Waals surface area contributed by atoms with Crippen LogP contribution in [0.15, 0.2) is 6.20 Å². The van der Waals surface area contributed by atoms with Crippen molar-refractivity contribution >= 4 is 5.91 Å². The molecule has 0 atom stereocenters. The Morgan fingerprint density at radius 3 is 2.86 bits per heavy atom. The van der Waals surface area contributed by atoms with Crippen LogP contribution in [0.4, 0.5) is 0 Å². The molecular weight excluding hydrogens is 266 g/mol. The minimum Gasteiger partial charge on any atom is -0.350 e. The van der Waals surface area contributed by atoms with Crippen molar-refractivity contribution in [3.05, 3.63) is 11.9 Å². The lowest BCUT2D eigenvalue weighted by molar-refractivity contribution is 0.0929. The van der Waals surface area contributed by atoms with E-state index in [1.807, 2.05) is 0 Å². The average Bonchev–Trinajstić information content (AvgIpc) is 2.83. The van der Waals surface area contributed by atoms with E-state index in [1.54, 1.807) is 10.9 Å². The highest BCUT2D eigenvalue weighted by atomic mass is 16.2. The van der Waals surface area contributed by atoms with Gasteiger partial charge in [0, 0.05) is 19.6 Å². The van der Waals surface area contributed by atoms with Crippen LogP contribution in [-0.2, 0) is 0 Å². The first-order chi connectivity index (χ1) is 10.0. The fourth-order valence-corrected chi connectivity index (χ4v) is 2.37. The molecule has 118 valence electrons. The summed E-state index contributed by atoms with van der Waals surface area (Å²) in [5.41, 5.74) is 0.532. The number of amides is 1. The van der Waals surface area contributed by atoms with E-state index in [0.717, 1.165) is 19.5 Å². The van der Waals surface area contributed by atoms with Gasteiger partial charge in [-0.1, -0.05) is 45.2 Å². The van der Waals surface area contributed by atoms with Crippen molar-refractivity contribution in [2.24, 2.45) is 5.41 Å². The summed E-state index contributed by atoms with van der Waals surface area (Å²) in [6.45, 7) is 9.06. The van der Waals surface area contributed by atoms with E-state index >= 15 is 0 Å². The number of aromatic nitrogens is 3. The van der Waals surface area contributed by atoms with Crippen molar-refractivity contribution in [3.63, 3.8) is 0 Å². The van der Waals surface area contributed by atoms with Gasteiger partial charge >= 0.3 is 0 Å². The third kappa shape index (κ3) is 4.52. The SMILES string of the molecule is CCCCCC(C)(C)CNC(=O)c1cn(C2CNC2)nn1. The first-order valence-corrected chi connectivity index (χ1v) is 7.92. The molecule has 1 saturated heterocycles. The lowest BCUT2D eigenvalue weighted by Gasteiger charge is -2.26. The highest BCUT2D eigenvalue weighted by molar-refractivity contribution is 5.91. The fraction of sp³-hybridized carbons (Fsp3) is 0.800. The lowest BCUT2D eigenvalue weighted by atomic mass is 9.87. The van der Waals surface area contributed by atoms with Crippen molar-refractivity contribution in [1.82, 2.24) is 25.6 Å². The number of hydrogen-bond donors (Lipinski definition) is 2. The molecule has 0 bridgehead atoms. The molecule has 1 aliphatic heterocycles. The number of carbonyl (C=O) groups excluding carboxylic acids is 1. The molecule has 0 spiro atoms. The molecule has 0 saturated carbocycles. The van der Waals surface area contributed by atoms with Crippen molar-refractivity contribution in [1.29, 1.82) is 0 Å². The van der Waals surface area contributed by atoms with Crippen LogP contribution in [0, 0.1) is 5.41 Å². The maximum atomic E-state index is 12.1. The third-order valence-corrected chi connectivity index (χ3v) is 4.06.